The average Bonchev–Trinajstić information content (AvgIpc) is 3.49. The van der Waals surface area contributed by atoms with Gasteiger partial charge in [0.15, 0.2) is 0 Å². The van der Waals surface area contributed by atoms with Crippen LogP contribution in [0.3, 0.4) is 0 Å². The number of pyridine rings is 1. The van der Waals surface area contributed by atoms with Crippen LogP contribution in [-0.2, 0) is 4.79 Å². The molecule has 1 fully saturated rings. The van der Waals surface area contributed by atoms with Crippen molar-refractivity contribution in [3.05, 3.63) is 71.7 Å². The van der Waals surface area contributed by atoms with E-state index in [0.717, 1.165) is 22.3 Å². The van der Waals surface area contributed by atoms with Crippen LogP contribution >= 0.6 is 0 Å². The molecule has 1 aliphatic carbocycles. The first-order chi connectivity index (χ1) is 16.8. The third kappa shape index (κ3) is 4.64. The van der Waals surface area contributed by atoms with Crippen LogP contribution in [0.25, 0.3) is 34.0 Å². The molecular weight excluding hydrogens is 449 g/mol. The Morgan fingerprint density at radius 1 is 1.11 bits per heavy atom. The molecule has 2 atom stereocenters. The topological polar surface area (TPSA) is 98.3 Å². The van der Waals surface area contributed by atoms with E-state index in [9.17, 15) is 14.3 Å². The summed E-state index contributed by atoms with van der Waals surface area (Å²) in [5.74, 6) is -0.165. The second-order valence-electron chi connectivity index (χ2n) is 9.03. The van der Waals surface area contributed by atoms with Gasteiger partial charge in [0.1, 0.15) is 5.82 Å². The number of ether oxygens (including phenoxy) is 1. The van der Waals surface area contributed by atoms with Gasteiger partial charge in [-0.3, -0.25) is 4.79 Å². The molecule has 2 aromatic heterocycles. The van der Waals surface area contributed by atoms with Gasteiger partial charge in [0.05, 0.1) is 17.6 Å². The summed E-state index contributed by atoms with van der Waals surface area (Å²) in [7, 11) is 0. The fourth-order valence-electron chi connectivity index (χ4n) is 4.18. The third-order valence-electron chi connectivity index (χ3n) is 6.05. The number of benzene rings is 2. The average molecular weight is 474 g/mol. The Bertz CT molecular complexity index is 1400. The van der Waals surface area contributed by atoms with Gasteiger partial charge in [-0.15, -0.1) is 0 Å². The Hall–Kier alpha value is -4.07. The summed E-state index contributed by atoms with van der Waals surface area (Å²) in [6.45, 7) is 5.76. The zero-order valence-electron chi connectivity index (χ0n) is 19.5. The van der Waals surface area contributed by atoms with Crippen molar-refractivity contribution in [1.29, 1.82) is 0 Å². The van der Waals surface area contributed by atoms with Crippen molar-refractivity contribution in [2.24, 2.45) is 5.92 Å². The van der Waals surface area contributed by atoms with Crippen molar-refractivity contribution < 1.29 is 23.6 Å². The van der Waals surface area contributed by atoms with E-state index in [1.54, 1.807) is 18.3 Å². The zero-order valence-corrected chi connectivity index (χ0v) is 19.5. The van der Waals surface area contributed by atoms with Gasteiger partial charge in [0.2, 0.25) is 11.7 Å². The first-order valence-corrected chi connectivity index (χ1v) is 11.4. The predicted molar refractivity (Wildman–Crippen MR) is 127 cm³/mol. The first kappa shape index (κ1) is 22.7. The van der Waals surface area contributed by atoms with Gasteiger partial charge in [-0.1, -0.05) is 35.5 Å². The Kier molecular flexibility index (Phi) is 5.80. The third-order valence-corrected chi connectivity index (χ3v) is 6.05. The number of hydrogen-bond acceptors (Lipinski definition) is 6. The SMILES string of the molecule is Cc1cc([C@H]2C[C@@H]2C(=O)O)ccc1-c1noc(-c2cnc(OC(C)C)c(-c3ccc(F)cc3)c2)n1. The molecule has 0 amide bonds. The number of hydrogen-bond donors (Lipinski definition) is 1. The monoisotopic (exact) mass is 473 g/mol. The molecular formula is C27H24FN3O4. The molecule has 178 valence electrons. The van der Waals surface area contributed by atoms with Gasteiger partial charge in [-0.05, 0) is 68.0 Å². The van der Waals surface area contributed by atoms with Crippen LogP contribution in [0.15, 0.2) is 59.3 Å². The molecule has 0 unspecified atom stereocenters. The van der Waals surface area contributed by atoms with E-state index < -0.39 is 5.97 Å². The molecule has 2 heterocycles. The van der Waals surface area contributed by atoms with E-state index in [2.05, 4.69) is 15.1 Å². The summed E-state index contributed by atoms with van der Waals surface area (Å²) in [5, 5.41) is 13.4. The smallest absolute Gasteiger partial charge is 0.307 e. The number of halogens is 1. The first-order valence-electron chi connectivity index (χ1n) is 11.4. The van der Waals surface area contributed by atoms with Crippen molar-refractivity contribution >= 4 is 5.97 Å². The summed E-state index contributed by atoms with van der Waals surface area (Å²) < 4.78 is 24.9. The molecule has 1 aliphatic rings. The van der Waals surface area contributed by atoms with Crippen LogP contribution in [0.2, 0.25) is 0 Å². The van der Waals surface area contributed by atoms with Crippen molar-refractivity contribution in [2.75, 3.05) is 0 Å². The van der Waals surface area contributed by atoms with E-state index in [1.165, 1.54) is 12.1 Å². The van der Waals surface area contributed by atoms with E-state index in [-0.39, 0.29) is 23.8 Å². The lowest BCUT2D eigenvalue weighted by molar-refractivity contribution is -0.138. The van der Waals surface area contributed by atoms with Gasteiger partial charge < -0.3 is 14.4 Å². The molecule has 0 bridgehead atoms. The Morgan fingerprint density at radius 2 is 1.89 bits per heavy atom. The van der Waals surface area contributed by atoms with Gasteiger partial charge in [0, 0.05) is 17.3 Å². The molecule has 7 nitrogen and oxygen atoms in total. The maximum Gasteiger partial charge on any atom is 0.307 e. The van der Waals surface area contributed by atoms with Crippen LogP contribution in [0.5, 0.6) is 5.88 Å². The molecule has 1 N–H and O–H groups in total. The normalized spacial score (nSPS) is 16.9. The number of nitrogens with zero attached hydrogens (tertiary/aromatic N) is 3. The second kappa shape index (κ2) is 8.94. The molecule has 1 saturated carbocycles. The minimum Gasteiger partial charge on any atom is -0.481 e. The van der Waals surface area contributed by atoms with Crippen LogP contribution in [-0.4, -0.2) is 32.3 Å². The Morgan fingerprint density at radius 3 is 2.54 bits per heavy atom. The van der Waals surface area contributed by atoms with E-state index in [0.29, 0.717) is 35.1 Å². The molecule has 4 aromatic rings. The molecule has 5 rings (SSSR count). The quantitative estimate of drug-likeness (QED) is 0.357. The minimum atomic E-state index is -0.752. The van der Waals surface area contributed by atoms with Crippen LogP contribution in [0, 0.1) is 18.7 Å². The molecule has 8 heteroatoms. The lowest BCUT2D eigenvalue weighted by Crippen LogP contribution is -2.08. The molecule has 0 radical (unpaired) electrons. The summed E-state index contributed by atoms with van der Waals surface area (Å²) in [4.78, 5) is 20.2. The highest BCUT2D eigenvalue weighted by Crippen LogP contribution is 2.48. The largest absolute Gasteiger partial charge is 0.481 e. The summed E-state index contributed by atoms with van der Waals surface area (Å²) in [5.41, 5.74) is 4.81. The lowest BCUT2D eigenvalue weighted by Gasteiger charge is -2.14. The number of rotatable bonds is 7. The number of aliphatic carboxylic acids is 1. The van der Waals surface area contributed by atoms with Crippen LogP contribution in [0.1, 0.15) is 37.3 Å². The van der Waals surface area contributed by atoms with Crippen LogP contribution < -0.4 is 4.74 Å². The molecule has 0 spiro atoms. The van der Waals surface area contributed by atoms with Gasteiger partial charge in [-0.25, -0.2) is 9.37 Å². The summed E-state index contributed by atoms with van der Waals surface area (Å²) in [6.07, 6.45) is 2.19. The standard InChI is InChI=1S/C27H24FN3O4/c1-14(2)34-26-22(16-4-7-19(28)8-5-16)11-18(13-29-26)25-30-24(31-35-25)20-9-6-17(10-15(20)3)21-12-23(21)27(32)33/h4-11,13-14,21,23H,12H2,1-3H3,(H,32,33)/t21-,23+/m1/s1. The van der Waals surface area contributed by atoms with E-state index in [4.69, 9.17) is 9.26 Å². The van der Waals surface area contributed by atoms with Gasteiger partial charge in [-0.2, -0.15) is 4.98 Å². The van der Waals surface area contributed by atoms with Gasteiger partial charge >= 0.3 is 5.97 Å². The molecule has 35 heavy (non-hydrogen) atoms. The summed E-state index contributed by atoms with van der Waals surface area (Å²) in [6, 6.07) is 13.8. The predicted octanol–water partition coefficient (Wildman–Crippen LogP) is 5.89. The maximum absolute atomic E-state index is 13.5. The summed E-state index contributed by atoms with van der Waals surface area (Å²) >= 11 is 0. The minimum absolute atomic E-state index is 0.0589. The number of aromatic nitrogens is 3. The molecule has 0 saturated heterocycles. The second-order valence-corrected chi connectivity index (χ2v) is 9.03. The fourth-order valence-corrected chi connectivity index (χ4v) is 4.18. The lowest BCUT2D eigenvalue weighted by atomic mass is 10.0. The number of carboxylic acid groups (broad SMARTS) is 1. The fraction of sp³-hybridized carbons (Fsp3) is 0.259. The number of carbonyl (C=O) groups is 1. The van der Waals surface area contributed by atoms with E-state index >= 15 is 0 Å². The van der Waals surface area contributed by atoms with Crippen molar-refractivity contribution in [3.63, 3.8) is 0 Å². The van der Waals surface area contributed by atoms with Crippen LogP contribution in [0.4, 0.5) is 4.39 Å². The maximum atomic E-state index is 13.5. The molecule has 2 aromatic carbocycles. The van der Waals surface area contributed by atoms with Crippen molar-refractivity contribution in [2.45, 2.75) is 39.2 Å². The molecule has 0 aliphatic heterocycles. The van der Waals surface area contributed by atoms with Crippen molar-refractivity contribution in [3.8, 4) is 39.8 Å². The Labute approximate surface area is 201 Å². The van der Waals surface area contributed by atoms with Crippen molar-refractivity contribution in [1.82, 2.24) is 15.1 Å². The highest BCUT2D eigenvalue weighted by Gasteiger charge is 2.44. The zero-order chi connectivity index (χ0) is 24.7. The number of carboxylic acids is 1. The number of aryl methyl sites for hydroxylation is 1. The highest BCUT2D eigenvalue weighted by atomic mass is 19.1. The Balaban J connectivity index is 1.46. The highest BCUT2D eigenvalue weighted by molar-refractivity contribution is 5.76. The van der Waals surface area contributed by atoms with E-state index in [1.807, 2.05) is 45.0 Å². The van der Waals surface area contributed by atoms with Gasteiger partial charge in [0.25, 0.3) is 5.89 Å².